The molecule has 5 nitrogen and oxygen atoms in total. The van der Waals surface area contributed by atoms with Crippen LogP contribution in [0.4, 0.5) is 0 Å². The molecule has 0 atom stereocenters. The van der Waals surface area contributed by atoms with Crippen molar-refractivity contribution in [2.45, 2.75) is 51.6 Å². The second-order valence-corrected chi connectivity index (χ2v) is 6.16. The topological polar surface area (TPSA) is 64.2 Å². The van der Waals surface area contributed by atoms with E-state index < -0.39 is 0 Å². The van der Waals surface area contributed by atoms with Gasteiger partial charge in [-0.15, -0.1) is 0 Å². The minimum Gasteiger partial charge on any atom is -0.333 e. The van der Waals surface area contributed by atoms with Crippen LogP contribution < -0.4 is 5.73 Å². The molecule has 1 aromatic heterocycles. The number of nitrogens with zero attached hydrogens (tertiary/aromatic N) is 3. The molecule has 1 fully saturated rings. The van der Waals surface area contributed by atoms with Crippen molar-refractivity contribution >= 4 is 5.91 Å². The first-order valence-electron chi connectivity index (χ1n) is 7.75. The number of fused-ring (bicyclic) bond motifs is 1. The highest BCUT2D eigenvalue weighted by Gasteiger charge is 2.40. The number of nitrogens with two attached hydrogens (primary N) is 1. The Balaban J connectivity index is 1.77. The Morgan fingerprint density at radius 2 is 2.00 bits per heavy atom. The lowest BCUT2D eigenvalue weighted by Gasteiger charge is -2.37. The Hall–Kier alpha value is -1.36. The second kappa shape index (κ2) is 5.56. The molecule has 0 unspecified atom stereocenters. The van der Waals surface area contributed by atoms with Crippen molar-refractivity contribution < 1.29 is 4.79 Å². The molecule has 1 amide bonds. The summed E-state index contributed by atoms with van der Waals surface area (Å²) in [5, 5.41) is 0. The summed E-state index contributed by atoms with van der Waals surface area (Å²) in [6.07, 6.45) is 10.4. The van der Waals surface area contributed by atoms with Crippen molar-refractivity contribution in [3.8, 4) is 0 Å². The predicted octanol–water partition coefficient (Wildman–Crippen LogP) is 1.52. The fraction of sp³-hybridized carbons (Fsp3) is 0.733. The van der Waals surface area contributed by atoms with Gasteiger partial charge in [0.1, 0.15) is 5.82 Å². The SMILES string of the molecule is NCC1(C(=O)N2CCn3ccnc3C2)CCCCCC1. The van der Waals surface area contributed by atoms with Crippen LogP contribution in [-0.2, 0) is 17.9 Å². The summed E-state index contributed by atoms with van der Waals surface area (Å²) in [5.41, 5.74) is 5.71. The van der Waals surface area contributed by atoms with Gasteiger partial charge in [-0.3, -0.25) is 4.79 Å². The first-order chi connectivity index (χ1) is 9.75. The highest BCUT2D eigenvalue weighted by Crippen LogP contribution is 2.36. The highest BCUT2D eigenvalue weighted by molar-refractivity contribution is 5.83. The number of carbonyl (C=O) groups is 1. The molecule has 1 saturated carbocycles. The second-order valence-electron chi connectivity index (χ2n) is 6.16. The summed E-state index contributed by atoms with van der Waals surface area (Å²) < 4.78 is 2.13. The molecule has 5 heteroatoms. The molecule has 1 aliphatic heterocycles. The standard InChI is InChI=1S/C15H24N4O/c16-12-15(5-3-1-2-4-6-15)14(20)19-10-9-18-8-7-17-13(18)11-19/h7-8H,1-6,9-12,16H2. The number of imidazole rings is 1. The summed E-state index contributed by atoms with van der Waals surface area (Å²) in [7, 11) is 0. The summed E-state index contributed by atoms with van der Waals surface area (Å²) in [6.45, 7) is 2.75. The molecule has 0 saturated heterocycles. The summed E-state index contributed by atoms with van der Waals surface area (Å²) in [5.74, 6) is 1.25. The molecule has 2 N–H and O–H groups in total. The molecular formula is C15H24N4O. The van der Waals surface area contributed by atoms with Gasteiger partial charge in [0.25, 0.3) is 0 Å². The lowest BCUT2D eigenvalue weighted by Crippen LogP contribution is -2.50. The third kappa shape index (κ3) is 2.35. The number of carbonyl (C=O) groups excluding carboxylic acids is 1. The summed E-state index contributed by atoms with van der Waals surface area (Å²) >= 11 is 0. The molecule has 0 spiro atoms. The average Bonchev–Trinajstić information content (AvgIpc) is 2.81. The van der Waals surface area contributed by atoms with Crippen LogP contribution in [0.2, 0.25) is 0 Å². The Kier molecular flexibility index (Phi) is 3.78. The first-order valence-corrected chi connectivity index (χ1v) is 7.75. The van der Waals surface area contributed by atoms with Crippen molar-refractivity contribution in [2.75, 3.05) is 13.1 Å². The Morgan fingerprint density at radius 1 is 1.25 bits per heavy atom. The molecule has 0 radical (unpaired) electrons. The number of amides is 1. The molecule has 3 rings (SSSR count). The minimum absolute atomic E-state index is 0.260. The van der Waals surface area contributed by atoms with Gasteiger partial charge in [-0.2, -0.15) is 0 Å². The van der Waals surface area contributed by atoms with Crippen LogP contribution in [0, 0.1) is 5.41 Å². The van der Waals surface area contributed by atoms with Crippen LogP contribution in [0.3, 0.4) is 0 Å². The normalized spacial score (nSPS) is 22.1. The molecule has 1 aromatic rings. The minimum atomic E-state index is -0.314. The third-order valence-electron chi connectivity index (χ3n) is 4.94. The fourth-order valence-electron chi connectivity index (χ4n) is 3.59. The van der Waals surface area contributed by atoms with E-state index in [0.717, 1.165) is 44.6 Å². The highest BCUT2D eigenvalue weighted by atomic mass is 16.2. The van der Waals surface area contributed by atoms with E-state index in [1.807, 2.05) is 17.3 Å². The zero-order valence-corrected chi connectivity index (χ0v) is 12.1. The lowest BCUT2D eigenvalue weighted by molar-refractivity contribution is -0.144. The molecule has 20 heavy (non-hydrogen) atoms. The molecule has 110 valence electrons. The zero-order valence-electron chi connectivity index (χ0n) is 12.1. The van der Waals surface area contributed by atoms with E-state index >= 15 is 0 Å². The third-order valence-corrected chi connectivity index (χ3v) is 4.94. The van der Waals surface area contributed by atoms with E-state index in [1.165, 1.54) is 12.8 Å². The Bertz CT molecular complexity index is 474. The molecule has 0 bridgehead atoms. The molecule has 1 aliphatic carbocycles. The lowest BCUT2D eigenvalue weighted by atomic mass is 9.79. The van der Waals surface area contributed by atoms with Gasteiger partial charge < -0.3 is 15.2 Å². The fourth-order valence-corrected chi connectivity index (χ4v) is 3.59. The summed E-state index contributed by atoms with van der Waals surface area (Å²) in [4.78, 5) is 19.3. The molecule has 2 heterocycles. The van der Waals surface area contributed by atoms with E-state index in [2.05, 4.69) is 9.55 Å². The van der Waals surface area contributed by atoms with E-state index in [-0.39, 0.29) is 11.3 Å². The average molecular weight is 276 g/mol. The smallest absolute Gasteiger partial charge is 0.230 e. The zero-order chi connectivity index (χ0) is 14.0. The maximum Gasteiger partial charge on any atom is 0.230 e. The van der Waals surface area contributed by atoms with E-state index in [4.69, 9.17) is 5.73 Å². The number of hydrogen-bond donors (Lipinski definition) is 1. The van der Waals surface area contributed by atoms with Crippen molar-refractivity contribution in [2.24, 2.45) is 11.1 Å². The van der Waals surface area contributed by atoms with Crippen molar-refractivity contribution in [1.29, 1.82) is 0 Å². The quantitative estimate of drug-likeness (QED) is 0.833. The number of hydrogen-bond acceptors (Lipinski definition) is 3. The van der Waals surface area contributed by atoms with Crippen LogP contribution in [-0.4, -0.2) is 33.4 Å². The Morgan fingerprint density at radius 3 is 2.70 bits per heavy atom. The predicted molar refractivity (Wildman–Crippen MR) is 76.8 cm³/mol. The van der Waals surface area contributed by atoms with E-state index in [0.29, 0.717) is 13.1 Å². The monoisotopic (exact) mass is 276 g/mol. The van der Waals surface area contributed by atoms with Crippen LogP contribution >= 0.6 is 0 Å². The maximum absolute atomic E-state index is 13.0. The summed E-state index contributed by atoms with van der Waals surface area (Å²) in [6, 6.07) is 0. The molecule has 0 aromatic carbocycles. The van der Waals surface area contributed by atoms with Gasteiger partial charge in [0.2, 0.25) is 5.91 Å². The van der Waals surface area contributed by atoms with Crippen LogP contribution in [0.5, 0.6) is 0 Å². The van der Waals surface area contributed by atoms with E-state index in [1.54, 1.807) is 0 Å². The van der Waals surface area contributed by atoms with Gasteiger partial charge in [-0.05, 0) is 12.8 Å². The number of aromatic nitrogens is 2. The molecule has 2 aliphatic rings. The van der Waals surface area contributed by atoms with Gasteiger partial charge >= 0.3 is 0 Å². The Labute approximate surface area is 120 Å². The van der Waals surface area contributed by atoms with Crippen molar-refractivity contribution in [3.05, 3.63) is 18.2 Å². The first kappa shape index (κ1) is 13.6. The maximum atomic E-state index is 13.0. The largest absolute Gasteiger partial charge is 0.333 e. The van der Waals surface area contributed by atoms with Gasteiger partial charge in [0.05, 0.1) is 12.0 Å². The van der Waals surface area contributed by atoms with Crippen molar-refractivity contribution in [3.63, 3.8) is 0 Å². The van der Waals surface area contributed by atoms with Gasteiger partial charge in [-0.25, -0.2) is 4.98 Å². The van der Waals surface area contributed by atoms with Gasteiger partial charge in [0, 0.05) is 32.0 Å². The van der Waals surface area contributed by atoms with Crippen LogP contribution in [0.15, 0.2) is 12.4 Å². The van der Waals surface area contributed by atoms with Gasteiger partial charge in [-0.1, -0.05) is 25.7 Å². The van der Waals surface area contributed by atoms with Crippen molar-refractivity contribution in [1.82, 2.24) is 14.5 Å². The molecular weight excluding hydrogens is 252 g/mol. The van der Waals surface area contributed by atoms with Crippen LogP contribution in [0.25, 0.3) is 0 Å². The number of rotatable bonds is 2. The van der Waals surface area contributed by atoms with E-state index in [9.17, 15) is 4.79 Å². The van der Waals surface area contributed by atoms with Crippen LogP contribution in [0.1, 0.15) is 44.3 Å². The van der Waals surface area contributed by atoms with Gasteiger partial charge in [0.15, 0.2) is 0 Å².